The molecule has 1 aliphatic carbocycles. The van der Waals surface area contributed by atoms with Crippen molar-refractivity contribution in [3.05, 3.63) is 17.0 Å². The Morgan fingerprint density at radius 2 is 2.00 bits per heavy atom. The van der Waals surface area contributed by atoms with E-state index in [2.05, 4.69) is 5.10 Å². The highest BCUT2D eigenvalue weighted by Crippen LogP contribution is 2.43. The van der Waals surface area contributed by atoms with Crippen molar-refractivity contribution in [2.75, 3.05) is 0 Å². The molecule has 1 fully saturated rings. The summed E-state index contributed by atoms with van der Waals surface area (Å²) >= 11 is 0. The molecule has 0 N–H and O–H groups in total. The van der Waals surface area contributed by atoms with Crippen molar-refractivity contribution in [1.82, 2.24) is 9.78 Å². The summed E-state index contributed by atoms with van der Waals surface area (Å²) in [6, 6.07) is 1.81. The zero-order chi connectivity index (χ0) is 16.0. The van der Waals surface area contributed by atoms with Gasteiger partial charge in [0.15, 0.2) is 0 Å². The molecule has 2 rings (SSSR count). The van der Waals surface area contributed by atoms with E-state index in [9.17, 15) is 22.0 Å². The van der Waals surface area contributed by atoms with Gasteiger partial charge in [0.25, 0.3) is 0 Å². The molecule has 0 amide bonds. The number of halogens is 5. The summed E-state index contributed by atoms with van der Waals surface area (Å²) in [5.41, 5.74) is -0.0464. The molecular formula is C13H14F5N3. The lowest BCUT2D eigenvalue weighted by atomic mass is 9.81. The number of hydrogen-bond acceptors (Lipinski definition) is 2. The van der Waals surface area contributed by atoms with Gasteiger partial charge in [0.05, 0.1) is 11.6 Å². The number of rotatable bonds is 3. The van der Waals surface area contributed by atoms with Crippen LogP contribution in [0.4, 0.5) is 22.0 Å². The van der Waals surface area contributed by atoms with Crippen LogP contribution in [0, 0.1) is 24.2 Å². The summed E-state index contributed by atoms with van der Waals surface area (Å²) in [4.78, 5) is 0. The van der Waals surface area contributed by atoms with Crippen molar-refractivity contribution in [3.63, 3.8) is 0 Å². The molecule has 116 valence electrons. The molecule has 1 aromatic heterocycles. The molecule has 1 atom stereocenters. The summed E-state index contributed by atoms with van der Waals surface area (Å²) in [7, 11) is 0. The molecule has 0 aromatic carbocycles. The standard InChI is InChI=1S/C13H14F5N3/c1-7-10(5-19)21(6-9-3-12(14,15)4-9)20-11(7)8(2)13(16,17)18/h8-9H,3-4,6H2,1-2H3. The van der Waals surface area contributed by atoms with Gasteiger partial charge >= 0.3 is 6.18 Å². The molecule has 0 spiro atoms. The second-order valence-corrected chi connectivity index (χ2v) is 5.55. The highest BCUT2D eigenvalue weighted by molar-refractivity contribution is 5.36. The fourth-order valence-corrected chi connectivity index (χ4v) is 2.57. The Bertz CT molecular complexity index is 574. The van der Waals surface area contributed by atoms with E-state index in [1.807, 2.05) is 6.07 Å². The maximum absolute atomic E-state index is 12.8. The molecule has 8 heteroatoms. The molecule has 0 saturated heterocycles. The van der Waals surface area contributed by atoms with E-state index < -0.39 is 18.0 Å². The molecule has 1 aliphatic rings. The summed E-state index contributed by atoms with van der Waals surface area (Å²) in [5.74, 6) is -4.86. The van der Waals surface area contributed by atoms with E-state index in [-0.39, 0.29) is 42.3 Å². The predicted molar refractivity (Wildman–Crippen MR) is 63.8 cm³/mol. The van der Waals surface area contributed by atoms with E-state index in [1.54, 1.807) is 0 Å². The molecule has 1 aromatic rings. The lowest BCUT2D eigenvalue weighted by Crippen LogP contribution is -2.38. The minimum atomic E-state index is -4.46. The second kappa shape index (κ2) is 4.97. The summed E-state index contributed by atoms with van der Waals surface area (Å²) in [6.45, 7) is 2.41. The molecule has 1 saturated carbocycles. The van der Waals surface area contributed by atoms with E-state index >= 15 is 0 Å². The Balaban J connectivity index is 2.25. The third-order valence-corrected chi connectivity index (χ3v) is 3.84. The lowest BCUT2D eigenvalue weighted by molar-refractivity contribution is -0.147. The van der Waals surface area contributed by atoms with Gasteiger partial charge in [0.2, 0.25) is 5.92 Å². The van der Waals surface area contributed by atoms with Gasteiger partial charge in [-0.15, -0.1) is 0 Å². The van der Waals surface area contributed by atoms with Crippen LogP contribution < -0.4 is 0 Å². The van der Waals surface area contributed by atoms with Crippen LogP contribution in [0.25, 0.3) is 0 Å². The Labute approximate surface area is 118 Å². The fourth-order valence-electron chi connectivity index (χ4n) is 2.57. The van der Waals surface area contributed by atoms with Crippen LogP contribution in [-0.2, 0) is 6.54 Å². The van der Waals surface area contributed by atoms with Crippen LogP contribution in [0.5, 0.6) is 0 Å². The molecule has 21 heavy (non-hydrogen) atoms. The maximum Gasteiger partial charge on any atom is 0.397 e. The Morgan fingerprint density at radius 1 is 1.43 bits per heavy atom. The zero-order valence-corrected chi connectivity index (χ0v) is 11.5. The van der Waals surface area contributed by atoms with Gasteiger partial charge in [-0.1, -0.05) is 0 Å². The Hall–Kier alpha value is -1.65. The SMILES string of the molecule is Cc1c(C(C)C(F)(F)F)nn(CC2CC(F)(F)C2)c1C#N. The lowest BCUT2D eigenvalue weighted by Gasteiger charge is -2.34. The van der Waals surface area contributed by atoms with Gasteiger partial charge in [-0.05, 0) is 19.8 Å². The number of nitrogens with zero attached hydrogens (tertiary/aromatic N) is 3. The average molecular weight is 307 g/mol. The van der Waals surface area contributed by atoms with Gasteiger partial charge in [-0.25, -0.2) is 8.78 Å². The van der Waals surface area contributed by atoms with Crippen LogP contribution >= 0.6 is 0 Å². The van der Waals surface area contributed by atoms with E-state index in [1.165, 1.54) is 6.92 Å². The van der Waals surface area contributed by atoms with Crippen molar-refractivity contribution < 1.29 is 22.0 Å². The van der Waals surface area contributed by atoms with Crippen LogP contribution in [0.1, 0.15) is 42.6 Å². The van der Waals surface area contributed by atoms with E-state index in [0.717, 1.165) is 11.6 Å². The molecule has 0 aliphatic heterocycles. The summed E-state index contributed by atoms with van der Waals surface area (Å²) < 4.78 is 65.0. The van der Waals surface area contributed by atoms with Gasteiger partial charge < -0.3 is 0 Å². The van der Waals surface area contributed by atoms with E-state index in [4.69, 9.17) is 5.26 Å². The second-order valence-electron chi connectivity index (χ2n) is 5.55. The number of alkyl halides is 5. The summed E-state index contributed by atoms with van der Waals surface area (Å²) in [6.07, 6.45) is -5.10. The van der Waals surface area contributed by atoms with Crippen LogP contribution in [-0.4, -0.2) is 21.9 Å². The number of nitriles is 1. The Kier molecular flexibility index (Phi) is 3.72. The van der Waals surface area contributed by atoms with Gasteiger partial charge in [0.1, 0.15) is 11.8 Å². The van der Waals surface area contributed by atoms with Crippen LogP contribution in [0.3, 0.4) is 0 Å². The van der Waals surface area contributed by atoms with Gasteiger partial charge in [-0.2, -0.15) is 23.5 Å². The van der Waals surface area contributed by atoms with Crippen molar-refractivity contribution in [2.45, 2.75) is 51.3 Å². The van der Waals surface area contributed by atoms with Crippen molar-refractivity contribution in [2.24, 2.45) is 5.92 Å². The van der Waals surface area contributed by atoms with E-state index in [0.29, 0.717) is 0 Å². The highest BCUT2D eigenvalue weighted by atomic mass is 19.4. The fraction of sp³-hybridized carbons (Fsp3) is 0.692. The molecular weight excluding hydrogens is 293 g/mol. The molecule has 0 radical (unpaired) electrons. The minimum Gasteiger partial charge on any atom is -0.254 e. The van der Waals surface area contributed by atoms with Gasteiger partial charge in [0, 0.05) is 24.9 Å². The number of aromatic nitrogens is 2. The largest absolute Gasteiger partial charge is 0.397 e. The Morgan fingerprint density at radius 3 is 2.43 bits per heavy atom. The topological polar surface area (TPSA) is 41.6 Å². The molecule has 1 unspecified atom stereocenters. The third kappa shape index (κ3) is 3.01. The first-order valence-electron chi connectivity index (χ1n) is 6.47. The number of hydrogen-bond donors (Lipinski definition) is 0. The van der Waals surface area contributed by atoms with Crippen LogP contribution in [0.15, 0.2) is 0 Å². The minimum absolute atomic E-state index is 0.0105. The normalized spacial score (nSPS) is 19.9. The van der Waals surface area contributed by atoms with Crippen molar-refractivity contribution >= 4 is 0 Å². The first-order chi connectivity index (χ1) is 9.55. The van der Waals surface area contributed by atoms with Crippen LogP contribution in [0.2, 0.25) is 0 Å². The zero-order valence-electron chi connectivity index (χ0n) is 11.5. The molecule has 1 heterocycles. The van der Waals surface area contributed by atoms with Gasteiger partial charge in [-0.3, -0.25) is 4.68 Å². The monoisotopic (exact) mass is 307 g/mol. The smallest absolute Gasteiger partial charge is 0.254 e. The van der Waals surface area contributed by atoms with Crippen molar-refractivity contribution in [3.8, 4) is 6.07 Å². The van der Waals surface area contributed by atoms with Crippen molar-refractivity contribution in [1.29, 1.82) is 5.26 Å². The highest BCUT2D eigenvalue weighted by Gasteiger charge is 2.46. The first kappa shape index (κ1) is 15.7. The summed E-state index contributed by atoms with van der Waals surface area (Å²) in [5, 5.41) is 12.9. The molecule has 0 bridgehead atoms. The average Bonchev–Trinajstić information content (AvgIpc) is 2.61. The third-order valence-electron chi connectivity index (χ3n) is 3.84. The predicted octanol–water partition coefficient (Wildman–Crippen LogP) is 3.77. The quantitative estimate of drug-likeness (QED) is 0.798. The first-order valence-corrected chi connectivity index (χ1v) is 6.47. The maximum atomic E-state index is 12.8. The molecule has 3 nitrogen and oxygen atoms in total.